The van der Waals surface area contributed by atoms with Crippen molar-refractivity contribution in [3.05, 3.63) is 237 Å². The number of anilines is 1. The van der Waals surface area contributed by atoms with E-state index in [2.05, 4.69) is 83.7 Å². The number of carboxylic acid groups (broad SMARTS) is 1. The number of hydrogen-bond acceptors (Lipinski definition) is 14. The van der Waals surface area contributed by atoms with Crippen molar-refractivity contribution in [3.8, 4) is 41.2 Å². The molecule has 1 heterocycles. The summed E-state index contributed by atoms with van der Waals surface area (Å²) in [6.45, 7) is 9.64. The zero-order chi connectivity index (χ0) is 67.1. The maximum absolute atomic E-state index is 13.8. The van der Waals surface area contributed by atoms with Crippen LogP contribution in [0.5, 0.6) is 23.0 Å². The van der Waals surface area contributed by atoms with E-state index in [4.69, 9.17) is 23.7 Å². The number of unbranched alkanes of at least 4 members (excludes halogenated alkanes) is 3. The summed E-state index contributed by atoms with van der Waals surface area (Å²) < 4.78 is 115. The average Bonchev–Trinajstić information content (AvgIpc) is 1.63. The molecule has 15 nitrogen and oxygen atoms in total. The van der Waals surface area contributed by atoms with E-state index in [-0.39, 0.29) is 95.7 Å². The number of aromatic carboxylic acids is 1. The SMILES string of the molecule is CCN(CCCCCCOC(=O)c1ccccc1C(=O)O)c1ccc(/C=C/C2=CC(=C\C=C\C3=C(C#N)C(=C(C#N)C#N)OC3(C)CCCOC(=O)c3cc(OCc4ccc(OC(F)=C(F)F)cc4)cc(OCc4ccc(OC(F)=C(F)F)cc4)c3)/CC(C)(C)C2)cc1. The molecular formula is C72H66F6N4O11. The second-order valence-corrected chi connectivity index (χ2v) is 22.5. The number of carbonyl (C=O) groups is 3. The Labute approximate surface area is 534 Å². The second kappa shape index (κ2) is 33.4. The van der Waals surface area contributed by atoms with Crippen molar-refractivity contribution in [1.29, 1.82) is 15.8 Å². The number of benzene rings is 5. The van der Waals surface area contributed by atoms with E-state index in [9.17, 15) is 61.6 Å². The lowest BCUT2D eigenvalue weighted by atomic mass is 9.75. The highest BCUT2D eigenvalue weighted by Gasteiger charge is 2.42. The molecule has 0 radical (unpaired) electrons. The van der Waals surface area contributed by atoms with Crippen molar-refractivity contribution in [3.63, 3.8) is 0 Å². The van der Waals surface area contributed by atoms with Gasteiger partial charge in [-0.25, -0.2) is 14.4 Å². The Morgan fingerprint density at radius 2 is 1.23 bits per heavy atom. The van der Waals surface area contributed by atoms with Gasteiger partial charge in [-0.3, -0.25) is 0 Å². The Balaban J connectivity index is 0.981. The van der Waals surface area contributed by atoms with Crippen LogP contribution in [-0.2, 0) is 27.4 Å². The lowest BCUT2D eigenvalue weighted by molar-refractivity contribution is 0.0392. The van der Waals surface area contributed by atoms with E-state index in [1.54, 1.807) is 31.2 Å². The summed E-state index contributed by atoms with van der Waals surface area (Å²) in [7, 11) is 0. The summed E-state index contributed by atoms with van der Waals surface area (Å²) in [4.78, 5) is 40.0. The fourth-order valence-corrected chi connectivity index (χ4v) is 10.3. The minimum absolute atomic E-state index is 0.00464. The number of allylic oxidation sites excluding steroid dienone is 8. The average molecular weight is 1280 g/mol. The predicted molar refractivity (Wildman–Crippen MR) is 334 cm³/mol. The van der Waals surface area contributed by atoms with Crippen molar-refractivity contribution in [2.24, 2.45) is 5.41 Å². The molecule has 7 rings (SSSR count). The highest BCUT2D eigenvalue weighted by atomic mass is 19.3. The number of hydrogen-bond donors (Lipinski definition) is 1. The number of carbonyl (C=O) groups excluding carboxylic acids is 2. The lowest BCUT2D eigenvalue weighted by Crippen LogP contribution is -2.27. The Kier molecular flexibility index (Phi) is 25.0. The Morgan fingerprint density at radius 3 is 1.78 bits per heavy atom. The predicted octanol–water partition coefficient (Wildman–Crippen LogP) is 17.4. The third-order valence-corrected chi connectivity index (χ3v) is 14.8. The van der Waals surface area contributed by atoms with Crippen LogP contribution in [0.1, 0.15) is 127 Å². The molecular weight excluding hydrogens is 1210 g/mol. The van der Waals surface area contributed by atoms with E-state index < -0.39 is 53.3 Å². The van der Waals surface area contributed by atoms with Crippen LogP contribution in [-0.4, -0.2) is 54.9 Å². The molecule has 2 aliphatic rings. The molecule has 5 aromatic carbocycles. The quantitative estimate of drug-likeness (QED) is 0.0149. The Bertz CT molecular complexity index is 3810. The van der Waals surface area contributed by atoms with Gasteiger partial charge in [-0.2, -0.15) is 42.1 Å². The minimum atomic E-state index is -2.63. The van der Waals surface area contributed by atoms with Crippen LogP contribution >= 0.6 is 0 Å². The van der Waals surface area contributed by atoms with Gasteiger partial charge in [0.15, 0.2) is 11.3 Å². The van der Waals surface area contributed by atoms with Gasteiger partial charge < -0.3 is 43.2 Å². The number of rotatable bonds is 30. The molecule has 1 atom stereocenters. The summed E-state index contributed by atoms with van der Waals surface area (Å²) in [6.07, 6.45) is 11.8. The van der Waals surface area contributed by atoms with Crippen LogP contribution in [0.3, 0.4) is 0 Å². The number of ether oxygens (including phenoxy) is 7. The summed E-state index contributed by atoms with van der Waals surface area (Å²) >= 11 is 0. The van der Waals surface area contributed by atoms with Gasteiger partial charge >= 0.3 is 42.1 Å². The lowest BCUT2D eigenvalue weighted by Gasteiger charge is -2.30. The monoisotopic (exact) mass is 1280 g/mol. The molecule has 0 aromatic heterocycles. The first-order valence-corrected chi connectivity index (χ1v) is 29.6. The summed E-state index contributed by atoms with van der Waals surface area (Å²) in [5.74, 6) is -2.95. The molecule has 21 heteroatoms. The Morgan fingerprint density at radius 1 is 0.656 bits per heavy atom. The van der Waals surface area contributed by atoms with Gasteiger partial charge in [0.2, 0.25) is 0 Å². The summed E-state index contributed by atoms with van der Waals surface area (Å²) in [6, 6.07) is 31.0. The van der Waals surface area contributed by atoms with Crippen LogP contribution in [0.4, 0.5) is 32.0 Å². The van der Waals surface area contributed by atoms with E-state index in [1.165, 1.54) is 78.9 Å². The largest absolute Gasteiger partial charge is 0.489 e. The first-order chi connectivity index (χ1) is 44.6. The van der Waals surface area contributed by atoms with Gasteiger partial charge in [-0.15, -0.1) is 0 Å². The number of carboxylic acids is 1. The van der Waals surface area contributed by atoms with Crippen molar-refractivity contribution in [2.45, 2.75) is 97.9 Å². The van der Waals surface area contributed by atoms with Crippen molar-refractivity contribution in [2.75, 3.05) is 31.2 Å². The maximum atomic E-state index is 13.8. The molecule has 0 amide bonds. The first kappa shape index (κ1) is 69.7. The molecule has 1 aliphatic carbocycles. The number of esters is 2. The van der Waals surface area contributed by atoms with E-state index in [1.807, 2.05) is 18.2 Å². The highest BCUT2D eigenvalue weighted by Crippen LogP contribution is 2.44. The van der Waals surface area contributed by atoms with Gasteiger partial charge in [-0.1, -0.05) is 105 Å². The topological polar surface area (TPSA) is 211 Å². The standard InChI is InChI=1S/C72H66F6N4O11/c1-5-82(33-10-6-7-11-34-88-70(86)60-16-9-8-15-59(60)68(83)84)54-26-20-47(21-27-54)18-19-51-36-50(40-71(2,3)41-51)14-12-17-62-61(44-81)63(53(42-79)43-80)93-72(62,4)32-13-35-87-69(85)52-37-57(89-45-48-22-28-55(29-23-48)91-66(77)64(73)74)39-58(38-52)90-46-49-24-30-56(31-25-49)92-67(78)65(75)76/h8-9,12,14-31,36-39H,5-7,10-11,13,32-35,40-41,45-46H2,1-4H3,(H,83,84)/b17-12+,19-18+,50-14+. The summed E-state index contributed by atoms with van der Waals surface area (Å²) in [5.41, 5.74) is 3.83. The molecule has 482 valence electrons. The third-order valence-electron chi connectivity index (χ3n) is 14.8. The van der Waals surface area contributed by atoms with Gasteiger partial charge in [0.05, 0.1) is 29.9 Å². The normalized spacial score (nSPS) is 15.3. The van der Waals surface area contributed by atoms with Crippen molar-refractivity contribution in [1.82, 2.24) is 0 Å². The van der Waals surface area contributed by atoms with Gasteiger partial charge in [0, 0.05) is 30.4 Å². The van der Waals surface area contributed by atoms with E-state index in [0.717, 1.165) is 67.6 Å². The van der Waals surface area contributed by atoms with Gasteiger partial charge in [0.1, 0.15) is 65.6 Å². The second-order valence-electron chi connectivity index (χ2n) is 22.5. The fourth-order valence-electron chi connectivity index (χ4n) is 10.3. The molecule has 1 unspecified atom stereocenters. The van der Waals surface area contributed by atoms with E-state index in [0.29, 0.717) is 23.1 Å². The molecule has 0 saturated carbocycles. The molecule has 1 aliphatic heterocycles. The van der Waals surface area contributed by atoms with Crippen LogP contribution in [0.15, 0.2) is 203 Å². The molecule has 1 N–H and O–H groups in total. The van der Waals surface area contributed by atoms with Crippen LogP contribution in [0.25, 0.3) is 6.08 Å². The molecule has 93 heavy (non-hydrogen) atoms. The molecule has 0 bridgehead atoms. The molecule has 0 saturated heterocycles. The first-order valence-electron chi connectivity index (χ1n) is 29.6. The van der Waals surface area contributed by atoms with Crippen molar-refractivity contribution < 1.29 is 79.0 Å². The van der Waals surface area contributed by atoms with Gasteiger partial charge in [-0.05, 0) is 153 Å². The number of nitriles is 3. The van der Waals surface area contributed by atoms with Crippen LogP contribution in [0.2, 0.25) is 0 Å². The molecule has 0 spiro atoms. The summed E-state index contributed by atoms with van der Waals surface area (Å²) in [5, 5.41) is 39.7. The van der Waals surface area contributed by atoms with E-state index >= 15 is 0 Å². The zero-order valence-corrected chi connectivity index (χ0v) is 51.4. The van der Waals surface area contributed by atoms with Crippen molar-refractivity contribution >= 4 is 29.7 Å². The smallest absolute Gasteiger partial charge is 0.344 e. The fraction of sp³-hybridized carbons (Fsp3) is 0.278. The number of halogens is 6. The van der Waals surface area contributed by atoms with Crippen LogP contribution < -0.4 is 23.8 Å². The third kappa shape index (κ3) is 20.4. The highest BCUT2D eigenvalue weighted by molar-refractivity contribution is 6.02. The molecule has 5 aromatic rings. The number of nitrogens with zero attached hydrogens (tertiary/aromatic N) is 4. The van der Waals surface area contributed by atoms with Gasteiger partial charge in [0.25, 0.3) is 0 Å². The van der Waals surface area contributed by atoms with Crippen LogP contribution in [0, 0.1) is 39.4 Å². The zero-order valence-electron chi connectivity index (χ0n) is 51.4. The molecule has 0 fully saturated rings. The Hall–Kier alpha value is -10.7. The minimum Gasteiger partial charge on any atom is -0.489 e. The maximum Gasteiger partial charge on any atom is 0.344 e.